The number of esters is 1. The monoisotopic (exact) mass is 193 g/mol. The second-order valence-corrected chi connectivity index (χ2v) is 3.27. The Kier molecular flexibility index (Phi) is 3.51. The molecule has 0 heterocycles. The lowest BCUT2D eigenvalue weighted by molar-refractivity contribution is -0.140. The minimum atomic E-state index is -0.181. The summed E-state index contributed by atoms with van der Waals surface area (Å²) in [6, 6.07) is 5.80. The first kappa shape index (κ1) is 10.6. The van der Waals surface area contributed by atoms with Gasteiger partial charge in [-0.25, -0.2) is 0 Å². The number of aryl methyl sites for hydroxylation is 2. The molecule has 1 aromatic rings. The smallest absolute Gasteiger partial charge is 0.305 e. The van der Waals surface area contributed by atoms with E-state index >= 15 is 0 Å². The second-order valence-electron chi connectivity index (χ2n) is 3.27. The van der Waals surface area contributed by atoms with Crippen molar-refractivity contribution < 1.29 is 9.53 Å². The first-order valence-electron chi connectivity index (χ1n) is 4.55. The van der Waals surface area contributed by atoms with Crippen LogP contribution >= 0.6 is 0 Å². The van der Waals surface area contributed by atoms with Crippen molar-refractivity contribution in [3.05, 3.63) is 29.3 Å². The van der Waals surface area contributed by atoms with E-state index in [1.54, 1.807) is 0 Å². The third-order valence-corrected chi connectivity index (χ3v) is 2.18. The molecular weight excluding hydrogens is 178 g/mol. The second kappa shape index (κ2) is 4.65. The predicted octanol–water partition coefficient (Wildman–Crippen LogP) is 1.68. The number of carbonyl (C=O) groups excluding carboxylic acids is 1. The normalized spacial score (nSPS) is 9.86. The van der Waals surface area contributed by atoms with Gasteiger partial charge in [-0.15, -0.1) is 0 Å². The molecule has 76 valence electrons. The van der Waals surface area contributed by atoms with Gasteiger partial charge in [0.05, 0.1) is 7.11 Å². The van der Waals surface area contributed by atoms with Gasteiger partial charge in [0.2, 0.25) is 0 Å². The molecular formula is C11H15NO2. The van der Waals surface area contributed by atoms with Crippen molar-refractivity contribution in [2.45, 2.75) is 19.8 Å². The molecule has 0 radical (unpaired) electrons. The van der Waals surface area contributed by atoms with Crippen LogP contribution in [0.3, 0.4) is 0 Å². The molecule has 0 atom stereocenters. The van der Waals surface area contributed by atoms with Crippen LogP contribution in [0, 0.1) is 6.92 Å². The van der Waals surface area contributed by atoms with E-state index in [0.717, 1.165) is 16.8 Å². The Morgan fingerprint density at radius 3 is 2.79 bits per heavy atom. The average Bonchev–Trinajstić information content (AvgIpc) is 2.19. The van der Waals surface area contributed by atoms with E-state index in [2.05, 4.69) is 4.74 Å². The number of nitrogens with two attached hydrogens (primary N) is 1. The summed E-state index contributed by atoms with van der Waals surface area (Å²) in [6.07, 6.45) is 1.12. The van der Waals surface area contributed by atoms with Crippen molar-refractivity contribution in [3.8, 4) is 0 Å². The maximum Gasteiger partial charge on any atom is 0.305 e. The number of hydrogen-bond donors (Lipinski definition) is 1. The predicted molar refractivity (Wildman–Crippen MR) is 55.9 cm³/mol. The Morgan fingerprint density at radius 2 is 2.21 bits per heavy atom. The van der Waals surface area contributed by atoms with Gasteiger partial charge in [0.25, 0.3) is 0 Å². The summed E-state index contributed by atoms with van der Waals surface area (Å²) in [7, 11) is 1.40. The Bertz CT molecular complexity index is 334. The number of anilines is 1. The maximum atomic E-state index is 10.9. The molecule has 0 aromatic heterocycles. The Labute approximate surface area is 83.9 Å². The summed E-state index contributed by atoms with van der Waals surface area (Å²) >= 11 is 0. The topological polar surface area (TPSA) is 52.3 Å². The molecule has 0 unspecified atom stereocenters. The van der Waals surface area contributed by atoms with Crippen molar-refractivity contribution in [1.82, 2.24) is 0 Å². The van der Waals surface area contributed by atoms with Gasteiger partial charge in [0.15, 0.2) is 0 Å². The van der Waals surface area contributed by atoms with Crippen LogP contribution in [-0.2, 0) is 16.0 Å². The fraction of sp³-hybridized carbons (Fsp3) is 0.364. The van der Waals surface area contributed by atoms with Crippen molar-refractivity contribution in [2.24, 2.45) is 0 Å². The number of nitrogen functional groups attached to an aromatic ring is 1. The summed E-state index contributed by atoms with van der Waals surface area (Å²) in [5.74, 6) is -0.181. The summed E-state index contributed by atoms with van der Waals surface area (Å²) in [4.78, 5) is 10.9. The maximum absolute atomic E-state index is 10.9. The Hall–Kier alpha value is -1.51. The number of benzene rings is 1. The molecule has 3 nitrogen and oxygen atoms in total. The summed E-state index contributed by atoms with van der Waals surface area (Å²) in [5.41, 5.74) is 8.62. The molecule has 0 amide bonds. The number of hydrogen-bond acceptors (Lipinski definition) is 3. The highest BCUT2D eigenvalue weighted by molar-refractivity contribution is 5.69. The van der Waals surface area contributed by atoms with Crippen LogP contribution in [0.4, 0.5) is 5.69 Å². The Morgan fingerprint density at radius 1 is 1.50 bits per heavy atom. The highest BCUT2D eigenvalue weighted by Crippen LogP contribution is 2.13. The summed E-state index contributed by atoms with van der Waals surface area (Å²) in [5, 5.41) is 0. The Balaban J connectivity index is 2.60. The average molecular weight is 193 g/mol. The third-order valence-electron chi connectivity index (χ3n) is 2.18. The SMILES string of the molecule is COC(=O)CCc1ccc(N)c(C)c1. The molecule has 14 heavy (non-hydrogen) atoms. The molecule has 0 aliphatic rings. The van der Waals surface area contributed by atoms with Crippen molar-refractivity contribution in [3.63, 3.8) is 0 Å². The van der Waals surface area contributed by atoms with Gasteiger partial charge in [-0.05, 0) is 30.5 Å². The molecule has 0 saturated heterocycles. The van der Waals surface area contributed by atoms with Crippen LogP contribution in [0.2, 0.25) is 0 Å². The van der Waals surface area contributed by atoms with Crippen molar-refractivity contribution >= 4 is 11.7 Å². The fourth-order valence-electron chi connectivity index (χ4n) is 1.24. The van der Waals surface area contributed by atoms with Crippen LogP contribution in [0.1, 0.15) is 17.5 Å². The van der Waals surface area contributed by atoms with Crippen molar-refractivity contribution in [2.75, 3.05) is 12.8 Å². The lowest BCUT2D eigenvalue weighted by Crippen LogP contribution is -2.02. The van der Waals surface area contributed by atoms with E-state index < -0.39 is 0 Å². The lowest BCUT2D eigenvalue weighted by Gasteiger charge is -2.04. The molecule has 0 saturated carbocycles. The highest BCUT2D eigenvalue weighted by atomic mass is 16.5. The molecule has 0 spiro atoms. The number of methoxy groups -OCH3 is 1. The molecule has 0 fully saturated rings. The van der Waals surface area contributed by atoms with Gasteiger partial charge >= 0.3 is 5.97 Å². The molecule has 0 bridgehead atoms. The molecule has 3 heteroatoms. The molecule has 2 N–H and O–H groups in total. The van der Waals surface area contributed by atoms with Crippen LogP contribution in [-0.4, -0.2) is 13.1 Å². The fourth-order valence-corrected chi connectivity index (χ4v) is 1.24. The highest BCUT2D eigenvalue weighted by Gasteiger charge is 2.02. The minimum absolute atomic E-state index is 0.181. The van der Waals surface area contributed by atoms with Gasteiger partial charge in [-0.1, -0.05) is 12.1 Å². The number of carbonyl (C=O) groups is 1. The summed E-state index contributed by atoms with van der Waals surface area (Å²) in [6.45, 7) is 1.96. The number of ether oxygens (including phenoxy) is 1. The van der Waals surface area contributed by atoms with Gasteiger partial charge in [0.1, 0.15) is 0 Å². The van der Waals surface area contributed by atoms with Crippen LogP contribution < -0.4 is 5.73 Å². The first-order chi connectivity index (χ1) is 6.63. The zero-order valence-electron chi connectivity index (χ0n) is 8.54. The van der Waals surface area contributed by atoms with E-state index in [-0.39, 0.29) is 5.97 Å². The van der Waals surface area contributed by atoms with Crippen LogP contribution in [0.15, 0.2) is 18.2 Å². The van der Waals surface area contributed by atoms with E-state index in [1.165, 1.54) is 7.11 Å². The van der Waals surface area contributed by atoms with Crippen LogP contribution in [0.5, 0.6) is 0 Å². The zero-order valence-corrected chi connectivity index (χ0v) is 8.54. The zero-order chi connectivity index (χ0) is 10.6. The molecule has 1 rings (SSSR count). The van der Waals surface area contributed by atoms with E-state index in [0.29, 0.717) is 12.8 Å². The number of rotatable bonds is 3. The largest absolute Gasteiger partial charge is 0.469 e. The molecule has 0 aliphatic carbocycles. The van der Waals surface area contributed by atoms with Gasteiger partial charge in [-0.2, -0.15) is 0 Å². The standard InChI is InChI=1S/C11H15NO2/c1-8-7-9(3-5-10(8)12)4-6-11(13)14-2/h3,5,7H,4,6,12H2,1-2H3. The van der Waals surface area contributed by atoms with Crippen LogP contribution in [0.25, 0.3) is 0 Å². The molecule has 0 aliphatic heterocycles. The van der Waals surface area contributed by atoms with E-state index in [4.69, 9.17) is 5.73 Å². The van der Waals surface area contributed by atoms with Gasteiger partial charge < -0.3 is 10.5 Å². The summed E-state index contributed by atoms with van der Waals surface area (Å²) < 4.78 is 4.56. The third kappa shape index (κ3) is 2.76. The van der Waals surface area contributed by atoms with E-state index in [1.807, 2.05) is 25.1 Å². The first-order valence-corrected chi connectivity index (χ1v) is 4.55. The molecule has 1 aromatic carbocycles. The van der Waals surface area contributed by atoms with E-state index in [9.17, 15) is 4.79 Å². The van der Waals surface area contributed by atoms with Gasteiger partial charge in [0, 0.05) is 12.1 Å². The quantitative estimate of drug-likeness (QED) is 0.587. The minimum Gasteiger partial charge on any atom is -0.469 e. The van der Waals surface area contributed by atoms with Crippen molar-refractivity contribution in [1.29, 1.82) is 0 Å². The van der Waals surface area contributed by atoms with Gasteiger partial charge in [-0.3, -0.25) is 4.79 Å². The lowest BCUT2D eigenvalue weighted by atomic mass is 10.1.